The Balaban J connectivity index is 0.00000300. The number of primary amides is 1. The third-order valence-corrected chi connectivity index (χ3v) is 5.69. The molecule has 0 spiro atoms. The zero-order valence-corrected chi connectivity index (χ0v) is 19.7. The van der Waals surface area contributed by atoms with Crippen LogP contribution in [-0.2, 0) is 11.3 Å². The van der Waals surface area contributed by atoms with Crippen LogP contribution in [0.3, 0.4) is 0 Å². The zero-order chi connectivity index (χ0) is 19.8. The molecule has 1 unspecified atom stereocenters. The highest BCUT2D eigenvalue weighted by Gasteiger charge is 2.26. The molecule has 4 N–H and O–H groups in total. The van der Waals surface area contributed by atoms with Crippen LogP contribution < -0.4 is 21.3 Å². The number of nitrogens with two attached hydrogens (primary N) is 1. The van der Waals surface area contributed by atoms with Gasteiger partial charge in [-0.1, -0.05) is 25.3 Å². The summed E-state index contributed by atoms with van der Waals surface area (Å²) in [6.07, 6.45) is 9.98. The summed E-state index contributed by atoms with van der Waals surface area (Å²) in [7, 11) is 0. The fourth-order valence-electron chi connectivity index (χ4n) is 4.16. The van der Waals surface area contributed by atoms with E-state index in [9.17, 15) is 4.79 Å². The minimum atomic E-state index is -0.216. The van der Waals surface area contributed by atoms with Crippen LogP contribution >= 0.6 is 24.0 Å². The highest BCUT2D eigenvalue weighted by Crippen LogP contribution is 2.25. The van der Waals surface area contributed by atoms with Crippen LogP contribution in [0.2, 0.25) is 0 Å². The molecule has 3 rings (SSSR count). The van der Waals surface area contributed by atoms with E-state index < -0.39 is 0 Å². The van der Waals surface area contributed by atoms with Gasteiger partial charge in [-0.25, -0.2) is 9.98 Å². The number of carbonyl (C=O) groups excluding carboxylic acids is 1. The van der Waals surface area contributed by atoms with Crippen LogP contribution in [0.5, 0.6) is 0 Å². The third-order valence-electron chi connectivity index (χ3n) is 5.69. The van der Waals surface area contributed by atoms with Gasteiger partial charge in [-0.05, 0) is 38.7 Å². The van der Waals surface area contributed by atoms with Gasteiger partial charge in [0.05, 0.1) is 12.5 Å². The number of nitrogens with one attached hydrogen (secondary N) is 2. The predicted octanol–water partition coefficient (Wildman–Crippen LogP) is 2.79. The number of nitrogens with zero attached hydrogens (tertiary/aromatic N) is 3. The van der Waals surface area contributed by atoms with Crippen molar-refractivity contribution in [3.8, 4) is 0 Å². The second kappa shape index (κ2) is 12.2. The van der Waals surface area contributed by atoms with Crippen LogP contribution in [0.4, 0.5) is 5.82 Å². The quantitative estimate of drug-likeness (QED) is 0.308. The van der Waals surface area contributed by atoms with Crippen molar-refractivity contribution in [2.75, 3.05) is 24.5 Å². The van der Waals surface area contributed by atoms with Crippen molar-refractivity contribution >= 4 is 41.7 Å². The molecule has 2 heterocycles. The molecule has 8 heteroatoms. The largest absolute Gasteiger partial charge is 0.369 e. The maximum Gasteiger partial charge on any atom is 0.222 e. The fourth-order valence-corrected chi connectivity index (χ4v) is 4.16. The molecule has 1 aliphatic heterocycles. The van der Waals surface area contributed by atoms with Gasteiger partial charge in [0.2, 0.25) is 5.91 Å². The number of hydrogen-bond acceptors (Lipinski definition) is 4. The normalized spacial score (nSPS) is 20.7. The Morgan fingerprint density at radius 1 is 1.28 bits per heavy atom. The third kappa shape index (κ3) is 7.01. The second-order valence-corrected chi connectivity index (χ2v) is 7.85. The van der Waals surface area contributed by atoms with Crippen LogP contribution in [-0.4, -0.2) is 42.5 Å². The first-order chi connectivity index (χ1) is 13.7. The van der Waals surface area contributed by atoms with Gasteiger partial charge in [0, 0.05) is 37.4 Å². The highest BCUT2D eigenvalue weighted by atomic mass is 127. The molecule has 1 amide bonds. The molecule has 0 aromatic carbocycles. The molecule has 1 aliphatic carbocycles. The number of aromatic nitrogens is 1. The van der Waals surface area contributed by atoms with Crippen LogP contribution in [0.1, 0.15) is 57.4 Å². The number of aliphatic imine (C=N–C) groups is 1. The van der Waals surface area contributed by atoms with E-state index in [1.807, 2.05) is 12.3 Å². The minimum absolute atomic E-state index is 0. The first-order valence-electron chi connectivity index (χ1n) is 10.7. The van der Waals surface area contributed by atoms with Gasteiger partial charge < -0.3 is 21.3 Å². The van der Waals surface area contributed by atoms with Crippen molar-refractivity contribution in [2.24, 2.45) is 16.6 Å². The lowest BCUT2D eigenvalue weighted by atomic mass is 9.96. The standard InChI is InChI=1S/C21H34N6O.HI/c1-2-23-21(26-18-10-4-3-5-11-18)25-14-16-8-6-12-24-20(16)27-13-7-9-17(15-27)19(22)28;/h6,8,12,17-18H,2-5,7,9-11,13-15H2,1H3,(H2,22,28)(H2,23,25,26);1H. The molecule has 1 aromatic heterocycles. The summed E-state index contributed by atoms with van der Waals surface area (Å²) in [5, 5.41) is 6.96. The van der Waals surface area contributed by atoms with E-state index in [1.165, 1.54) is 32.1 Å². The van der Waals surface area contributed by atoms with Crippen LogP contribution in [0.25, 0.3) is 0 Å². The zero-order valence-electron chi connectivity index (χ0n) is 17.4. The Kier molecular flexibility index (Phi) is 9.96. The number of rotatable bonds is 6. The van der Waals surface area contributed by atoms with Crippen molar-refractivity contribution in [3.05, 3.63) is 23.9 Å². The Hall–Kier alpha value is -1.58. The molecule has 162 valence electrons. The molecular weight excluding hydrogens is 479 g/mol. The van der Waals surface area contributed by atoms with E-state index >= 15 is 0 Å². The first-order valence-corrected chi connectivity index (χ1v) is 10.7. The topological polar surface area (TPSA) is 95.6 Å². The number of hydrogen-bond donors (Lipinski definition) is 3. The van der Waals surface area contributed by atoms with E-state index in [4.69, 9.17) is 10.7 Å². The van der Waals surface area contributed by atoms with E-state index in [0.29, 0.717) is 19.1 Å². The van der Waals surface area contributed by atoms with Crippen molar-refractivity contribution < 1.29 is 4.79 Å². The molecule has 2 fully saturated rings. The van der Waals surface area contributed by atoms with Crippen molar-refractivity contribution in [3.63, 3.8) is 0 Å². The molecule has 0 radical (unpaired) electrons. The van der Waals surface area contributed by atoms with Gasteiger partial charge in [0.15, 0.2) is 5.96 Å². The number of anilines is 1. The van der Waals surface area contributed by atoms with E-state index in [1.54, 1.807) is 0 Å². The summed E-state index contributed by atoms with van der Waals surface area (Å²) in [6.45, 7) is 5.03. The summed E-state index contributed by atoms with van der Waals surface area (Å²) in [6, 6.07) is 4.54. The molecule has 29 heavy (non-hydrogen) atoms. The molecule has 2 aliphatic rings. The van der Waals surface area contributed by atoms with Gasteiger partial charge in [-0.15, -0.1) is 24.0 Å². The maximum absolute atomic E-state index is 11.6. The smallest absolute Gasteiger partial charge is 0.222 e. The van der Waals surface area contributed by atoms with Crippen molar-refractivity contribution in [1.82, 2.24) is 15.6 Å². The SMILES string of the molecule is CCNC(=NCc1cccnc1N1CCCC(C(N)=O)C1)NC1CCCCC1.I. The molecule has 0 bridgehead atoms. The van der Waals surface area contributed by atoms with Crippen molar-refractivity contribution in [1.29, 1.82) is 0 Å². The van der Waals surface area contributed by atoms with Crippen LogP contribution in [0, 0.1) is 5.92 Å². The lowest BCUT2D eigenvalue weighted by Gasteiger charge is -2.33. The predicted molar refractivity (Wildman–Crippen MR) is 129 cm³/mol. The molecule has 7 nitrogen and oxygen atoms in total. The Morgan fingerprint density at radius 3 is 2.79 bits per heavy atom. The number of carbonyl (C=O) groups is 1. The molecule has 1 atom stereocenters. The Morgan fingerprint density at radius 2 is 2.07 bits per heavy atom. The molecular formula is C21H35IN6O. The van der Waals surface area contributed by atoms with E-state index in [2.05, 4.69) is 33.5 Å². The lowest BCUT2D eigenvalue weighted by Crippen LogP contribution is -2.44. The lowest BCUT2D eigenvalue weighted by molar-refractivity contribution is -0.122. The van der Waals surface area contributed by atoms with Gasteiger partial charge in [0.25, 0.3) is 0 Å². The Bertz CT molecular complexity index is 677. The molecule has 1 aromatic rings. The summed E-state index contributed by atoms with van der Waals surface area (Å²) < 4.78 is 0. The summed E-state index contributed by atoms with van der Waals surface area (Å²) in [4.78, 5) is 23.2. The number of halogens is 1. The minimum Gasteiger partial charge on any atom is -0.369 e. The van der Waals surface area contributed by atoms with Gasteiger partial charge in [0.1, 0.15) is 5.82 Å². The summed E-state index contributed by atoms with van der Waals surface area (Å²) in [5.74, 6) is 1.48. The van der Waals surface area contributed by atoms with Gasteiger partial charge in [-0.2, -0.15) is 0 Å². The van der Waals surface area contributed by atoms with Gasteiger partial charge >= 0.3 is 0 Å². The van der Waals surface area contributed by atoms with E-state index in [0.717, 1.165) is 43.3 Å². The summed E-state index contributed by atoms with van der Waals surface area (Å²) >= 11 is 0. The van der Waals surface area contributed by atoms with Crippen molar-refractivity contribution in [2.45, 2.75) is 64.5 Å². The fraction of sp³-hybridized carbons (Fsp3) is 0.667. The average molecular weight is 514 g/mol. The van der Waals surface area contributed by atoms with Gasteiger partial charge in [-0.3, -0.25) is 4.79 Å². The second-order valence-electron chi connectivity index (χ2n) is 7.85. The Labute approximate surface area is 191 Å². The number of pyridine rings is 1. The first kappa shape index (κ1) is 23.7. The number of amides is 1. The molecule has 1 saturated heterocycles. The summed E-state index contributed by atoms with van der Waals surface area (Å²) in [5.41, 5.74) is 6.62. The maximum atomic E-state index is 11.6. The number of piperidine rings is 1. The number of guanidine groups is 1. The van der Waals surface area contributed by atoms with Crippen LogP contribution in [0.15, 0.2) is 23.3 Å². The highest BCUT2D eigenvalue weighted by molar-refractivity contribution is 14.0. The molecule has 1 saturated carbocycles. The monoisotopic (exact) mass is 514 g/mol. The van der Waals surface area contributed by atoms with E-state index in [-0.39, 0.29) is 35.8 Å². The average Bonchev–Trinajstić information content (AvgIpc) is 2.73.